The fraction of sp³-hybridized carbons (Fsp3) is 0.529. The van der Waals surface area contributed by atoms with Gasteiger partial charge >= 0.3 is 0 Å². The van der Waals surface area contributed by atoms with Gasteiger partial charge < -0.3 is 14.2 Å². The molecule has 0 fully saturated rings. The largest absolute Gasteiger partial charge is 0.494 e. The maximum absolute atomic E-state index is 6.14. The molecule has 2 rings (SSSR count). The SMILES string of the molecule is C#Cc1cc(OCCCCCC)c(C#Cc2ccc(OCCCCCC)cc2)cc1OCCCCCC. The predicted octanol–water partition coefficient (Wildman–Crippen LogP) is 8.95. The Morgan fingerprint density at radius 1 is 0.568 bits per heavy atom. The van der Waals surface area contributed by atoms with Gasteiger partial charge in [-0.25, -0.2) is 0 Å². The smallest absolute Gasteiger partial charge is 0.136 e. The van der Waals surface area contributed by atoms with E-state index < -0.39 is 0 Å². The molecule has 0 saturated heterocycles. The quantitative estimate of drug-likeness (QED) is 0.150. The van der Waals surface area contributed by atoms with E-state index in [0.29, 0.717) is 24.5 Å². The number of benzene rings is 2. The topological polar surface area (TPSA) is 27.7 Å². The minimum atomic E-state index is 0.651. The molecule has 3 heteroatoms. The molecule has 3 nitrogen and oxygen atoms in total. The van der Waals surface area contributed by atoms with Gasteiger partial charge in [-0.05, 0) is 43.5 Å². The minimum absolute atomic E-state index is 0.651. The van der Waals surface area contributed by atoms with Crippen LogP contribution in [0.25, 0.3) is 0 Å². The number of hydrogen-bond acceptors (Lipinski definition) is 3. The third kappa shape index (κ3) is 12.2. The number of ether oxygens (including phenoxy) is 3. The third-order valence-corrected chi connectivity index (χ3v) is 6.21. The molecule has 0 aliphatic heterocycles. The van der Waals surface area contributed by atoms with Crippen molar-refractivity contribution in [1.82, 2.24) is 0 Å². The molecule has 0 saturated carbocycles. The molecule has 200 valence electrons. The van der Waals surface area contributed by atoms with Crippen LogP contribution in [0, 0.1) is 24.2 Å². The van der Waals surface area contributed by atoms with Gasteiger partial charge in [0.1, 0.15) is 17.2 Å². The van der Waals surface area contributed by atoms with E-state index in [1.807, 2.05) is 36.4 Å². The molecular weight excluding hydrogens is 456 g/mol. The highest BCUT2D eigenvalue weighted by molar-refractivity contribution is 5.59. The number of hydrogen-bond donors (Lipinski definition) is 0. The molecule has 0 amide bonds. The normalized spacial score (nSPS) is 10.3. The second-order valence-corrected chi connectivity index (χ2v) is 9.49. The van der Waals surface area contributed by atoms with Gasteiger partial charge in [-0.1, -0.05) is 96.3 Å². The molecule has 0 aromatic heterocycles. The Balaban J connectivity index is 2.14. The molecule has 0 atom stereocenters. The summed E-state index contributed by atoms with van der Waals surface area (Å²) in [4.78, 5) is 0. The van der Waals surface area contributed by atoms with Crippen LogP contribution < -0.4 is 14.2 Å². The summed E-state index contributed by atoms with van der Waals surface area (Å²) in [6.07, 6.45) is 19.8. The van der Waals surface area contributed by atoms with Crippen molar-refractivity contribution < 1.29 is 14.2 Å². The monoisotopic (exact) mass is 502 g/mol. The van der Waals surface area contributed by atoms with Crippen molar-refractivity contribution in [3.8, 4) is 41.4 Å². The number of unbranched alkanes of at least 4 members (excludes halogenated alkanes) is 9. The first kappa shape index (κ1) is 30.2. The van der Waals surface area contributed by atoms with Crippen molar-refractivity contribution in [1.29, 1.82) is 0 Å². The fourth-order valence-electron chi connectivity index (χ4n) is 3.92. The van der Waals surface area contributed by atoms with Crippen LogP contribution in [0.15, 0.2) is 36.4 Å². The highest BCUT2D eigenvalue weighted by Gasteiger charge is 2.11. The van der Waals surface area contributed by atoms with Gasteiger partial charge in [0.25, 0.3) is 0 Å². The molecule has 0 bridgehead atoms. The van der Waals surface area contributed by atoms with Crippen LogP contribution in [0.1, 0.15) is 115 Å². The van der Waals surface area contributed by atoms with E-state index >= 15 is 0 Å². The lowest BCUT2D eigenvalue weighted by molar-refractivity contribution is 0.295. The molecule has 0 radical (unpaired) electrons. The van der Waals surface area contributed by atoms with Crippen molar-refractivity contribution in [2.24, 2.45) is 0 Å². The van der Waals surface area contributed by atoms with Gasteiger partial charge in [-0.15, -0.1) is 6.42 Å². The zero-order valence-corrected chi connectivity index (χ0v) is 23.4. The number of rotatable bonds is 18. The third-order valence-electron chi connectivity index (χ3n) is 6.21. The van der Waals surface area contributed by atoms with Crippen LogP contribution in [0.3, 0.4) is 0 Å². The van der Waals surface area contributed by atoms with Gasteiger partial charge in [-0.2, -0.15) is 0 Å². The molecular formula is C34H46O3. The Bertz CT molecular complexity index is 989. The highest BCUT2D eigenvalue weighted by atomic mass is 16.5. The molecule has 0 unspecified atom stereocenters. The first-order valence-corrected chi connectivity index (χ1v) is 14.4. The summed E-state index contributed by atoms with van der Waals surface area (Å²) in [5.41, 5.74) is 2.44. The average molecular weight is 503 g/mol. The summed E-state index contributed by atoms with van der Waals surface area (Å²) < 4.78 is 18.1. The van der Waals surface area contributed by atoms with Crippen LogP contribution >= 0.6 is 0 Å². The summed E-state index contributed by atoms with van der Waals surface area (Å²) in [5.74, 6) is 11.7. The van der Waals surface area contributed by atoms with Gasteiger partial charge in [0.05, 0.1) is 30.9 Å². The van der Waals surface area contributed by atoms with Crippen molar-refractivity contribution >= 4 is 0 Å². The Kier molecular flexibility index (Phi) is 15.6. The van der Waals surface area contributed by atoms with Crippen molar-refractivity contribution in [2.45, 2.75) is 97.8 Å². The van der Waals surface area contributed by atoms with Gasteiger partial charge in [0.15, 0.2) is 0 Å². The molecule has 0 aliphatic rings. The van der Waals surface area contributed by atoms with Crippen LogP contribution in [-0.4, -0.2) is 19.8 Å². The van der Waals surface area contributed by atoms with Crippen LogP contribution in [0.2, 0.25) is 0 Å². The minimum Gasteiger partial charge on any atom is -0.494 e. The first-order valence-electron chi connectivity index (χ1n) is 14.4. The summed E-state index contributed by atoms with van der Waals surface area (Å²) in [7, 11) is 0. The van der Waals surface area contributed by atoms with E-state index in [2.05, 4.69) is 38.5 Å². The summed E-state index contributed by atoms with van der Waals surface area (Å²) in [6, 6.07) is 11.8. The molecule has 0 N–H and O–H groups in total. The van der Waals surface area contributed by atoms with Crippen LogP contribution in [0.5, 0.6) is 17.2 Å². The predicted molar refractivity (Wildman–Crippen MR) is 156 cm³/mol. The second kappa shape index (κ2) is 19.1. The standard InChI is InChI=1S/C34H46O3/c1-5-9-12-15-24-35-32-22-19-29(20-23-32)18-21-31-28-33(36-25-16-13-10-6-2)30(8-4)27-34(31)37-26-17-14-11-7-3/h4,19-20,22-23,27-28H,5-7,9-17,24-26H2,1-3H3. The van der Waals surface area contributed by atoms with Crippen molar-refractivity contribution in [3.63, 3.8) is 0 Å². The van der Waals surface area contributed by atoms with Crippen molar-refractivity contribution in [2.75, 3.05) is 19.8 Å². The maximum atomic E-state index is 6.14. The Labute approximate surface area is 226 Å². The maximum Gasteiger partial charge on any atom is 0.136 e. The van der Waals surface area contributed by atoms with Gasteiger partial charge in [0.2, 0.25) is 0 Å². The molecule has 0 aliphatic carbocycles. The second-order valence-electron chi connectivity index (χ2n) is 9.49. The number of terminal acetylenes is 1. The first-order chi connectivity index (χ1) is 18.2. The van der Waals surface area contributed by atoms with E-state index in [-0.39, 0.29) is 0 Å². The molecule has 2 aromatic carbocycles. The molecule has 37 heavy (non-hydrogen) atoms. The Morgan fingerprint density at radius 2 is 1.05 bits per heavy atom. The Morgan fingerprint density at radius 3 is 1.57 bits per heavy atom. The van der Waals surface area contributed by atoms with E-state index in [9.17, 15) is 0 Å². The van der Waals surface area contributed by atoms with E-state index in [0.717, 1.165) is 61.3 Å². The average Bonchev–Trinajstić information content (AvgIpc) is 2.92. The summed E-state index contributed by atoms with van der Waals surface area (Å²) in [5, 5.41) is 0. The molecule has 2 aromatic rings. The molecule has 0 spiro atoms. The summed E-state index contributed by atoms with van der Waals surface area (Å²) >= 11 is 0. The van der Waals surface area contributed by atoms with Crippen LogP contribution in [-0.2, 0) is 0 Å². The zero-order valence-electron chi connectivity index (χ0n) is 23.4. The van der Waals surface area contributed by atoms with E-state index in [4.69, 9.17) is 20.6 Å². The van der Waals surface area contributed by atoms with Gasteiger partial charge in [0, 0.05) is 17.7 Å². The summed E-state index contributed by atoms with van der Waals surface area (Å²) in [6.45, 7) is 8.69. The fourth-order valence-corrected chi connectivity index (χ4v) is 3.92. The van der Waals surface area contributed by atoms with E-state index in [1.165, 1.54) is 44.9 Å². The zero-order chi connectivity index (χ0) is 26.6. The van der Waals surface area contributed by atoms with Gasteiger partial charge in [-0.3, -0.25) is 0 Å². The lowest BCUT2D eigenvalue weighted by atomic mass is 10.1. The van der Waals surface area contributed by atoms with Crippen LogP contribution in [0.4, 0.5) is 0 Å². The highest BCUT2D eigenvalue weighted by Crippen LogP contribution is 2.29. The lowest BCUT2D eigenvalue weighted by Crippen LogP contribution is -2.03. The lowest BCUT2D eigenvalue weighted by Gasteiger charge is -2.13. The molecule has 0 heterocycles. The van der Waals surface area contributed by atoms with Crippen molar-refractivity contribution in [3.05, 3.63) is 53.1 Å². The Hall–Kier alpha value is -3.04. The van der Waals surface area contributed by atoms with E-state index in [1.54, 1.807) is 0 Å².